The zero-order valence-corrected chi connectivity index (χ0v) is 19.0. The Hall–Kier alpha value is -3.12. The number of hydrogen-bond donors (Lipinski definition) is 1. The van der Waals surface area contributed by atoms with Gasteiger partial charge in [-0.15, -0.1) is 11.3 Å². The van der Waals surface area contributed by atoms with Gasteiger partial charge in [0.15, 0.2) is 0 Å². The Labute approximate surface area is 191 Å². The Morgan fingerprint density at radius 1 is 1.09 bits per heavy atom. The largest absolute Gasteiger partial charge is 0.465 e. The number of esters is 1. The normalized spacial score (nSPS) is 16.9. The van der Waals surface area contributed by atoms with Crippen molar-refractivity contribution in [2.45, 2.75) is 38.5 Å². The summed E-state index contributed by atoms with van der Waals surface area (Å²) in [5.41, 5.74) is 3.19. The van der Waals surface area contributed by atoms with E-state index in [-0.39, 0.29) is 11.9 Å². The summed E-state index contributed by atoms with van der Waals surface area (Å²) in [4.78, 5) is 27.6. The fourth-order valence-electron chi connectivity index (χ4n) is 4.79. The summed E-state index contributed by atoms with van der Waals surface area (Å²) in [5.74, 6) is 0.879. The van der Waals surface area contributed by atoms with Gasteiger partial charge in [0.25, 0.3) is 0 Å². The van der Waals surface area contributed by atoms with Crippen molar-refractivity contribution in [1.29, 1.82) is 0 Å². The number of rotatable bonds is 4. The van der Waals surface area contributed by atoms with Gasteiger partial charge in [-0.25, -0.2) is 4.79 Å². The van der Waals surface area contributed by atoms with E-state index in [2.05, 4.69) is 12.2 Å². The molecule has 6 heteroatoms. The van der Waals surface area contributed by atoms with Crippen LogP contribution in [0.1, 0.15) is 57.6 Å². The Balaban J connectivity index is 1.54. The Morgan fingerprint density at radius 3 is 2.38 bits per heavy atom. The van der Waals surface area contributed by atoms with Gasteiger partial charge in [-0.05, 0) is 42.9 Å². The number of anilines is 1. The molecule has 1 aliphatic heterocycles. The molecular formula is C26H25NO4S. The molecule has 32 heavy (non-hydrogen) atoms. The maximum absolute atomic E-state index is 13.7. The van der Waals surface area contributed by atoms with E-state index < -0.39 is 5.92 Å². The highest BCUT2D eigenvalue weighted by Gasteiger charge is 2.35. The number of benzene rings is 2. The molecule has 1 aromatic heterocycles. The standard InChI is InChI=1S/C26H25NO4S/c1-3-15-12-13-18-21(14-15)32-25(23(18)26(29)30-2)27-24(28)22-16-8-4-6-10-19(16)31-20-11-7-5-9-17(20)22/h4-11,15,22H,3,12-14H2,1-2H3,(H,27,28)/t15-/m1/s1. The van der Waals surface area contributed by atoms with Crippen LogP contribution in [0, 0.1) is 5.92 Å². The fourth-order valence-corrected chi connectivity index (χ4v) is 6.14. The summed E-state index contributed by atoms with van der Waals surface area (Å²) in [6.45, 7) is 2.20. The summed E-state index contributed by atoms with van der Waals surface area (Å²) < 4.78 is 11.1. The second-order valence-corrected chi connectivity index (χ2v) is 9.42. The number of hydrogen-bond acceptors (Lipinski definition) is 5. The van der Waals surface area contributed by atoms with Gasteiger partial charge in [0, 0.05) is 16.0 Å². The molecule has 5 rings (SSSR count). The first-order chi connectivity index (χ1) is 15.6. The predicted octanol–water partition coefficient (Wildman–Crippen LogP) is 5.93. The van der Waals surface area contributed by atoms with Crippen LogP contribution in [0.25, 0.3) is 0 Å². The molecule has 2 aromatic carbocycles. The number of amides is 1. The van der Waals surface area contributed by atoms with E-state index in [1.54, 1.807) is 0 Å². The quantitative estimate of drug-likeness (QED) is 0.504. The van der Waals surface area contributed by atoms with Crippen LogP contribution in [0.4, 0.5) is 5.00 Å². The highest BCUT2D eigenvalue weighted by atomic mass is 32.1. The molecule has 0 radical (unpaired) electrons. The molecule has 0 fully saturated rings. The van der Waals surface area contributed by atoms with E-state index in [4.69, 9.17) is 9.47 Å². The van der Waals surface area contributed by atoms with E-state index in [1.807, 2.05) is 48.5 Å². The summed E-state index contributed by atoms with van der Waals surface area (Å²) in [7, 11) is 1.39. The lowest BCUT2D eigenvalue weighted by Crippen LogP contribution is -2.25. The molecular weight excluding hydrogens is 422 g/mol. The SMILES string of the molecule is CC[C@@H]1CCc2c(sc(NC(=O)C3c4ccccc4Oc4ccccc43)c2C(=O)OC)C1. The highest BCUT2D eigenvalue weighted by molar-refractivity contribution is 7.17. The third kappa shape index (κ3) is 3.48. The number of carbonyl (C=O) groups is 2. The molecule has 1 amide bonds. The number of ether oxygens (including phenoxy) is 2. The lowest BCUT2D eigenvalue weighted by molar-refractivity contribution is -0.116. The van der Waals surface area contributed by atoms with Crippen molar-refractivity contribution < 1.29 is 19.1 Å². The van der Waals surface area contributed by atoms with Crippen molar-refractivity contribution in [2.24, 2.45) is 5.92 Å². The number of nitrogens with one attached hydrogen (secondary N) is 1. The van der Waals surface area contributed by atoms with Gasteiger partial charge in [-0.1, -0.05) is 49.7 Å². The summed E-state index contributed by atoms with van der Waals surface area (Å²) in [6, 6.07) is 15.2. The molecule has 1 aliphatic carbocycles. The van der Waals surface area contributed by atoms with Crippen LogP contribution < -0.4 is 10.1 Å². The Bertz CT molecular complexity index is 1150. The topological polar surface area (TPSA) is 64.6 Å². The van der Waals surface area contributed by atoms with E-state index in [0.717, 1.165) is 42.4 Å². The molecule has 5 nitrogen and oxygen atoms in total. The van der Waals surface area contributed by atoms with E-state index >= 15 is 0 Å². The number of carbonyl (C=O) groups excluding carboxylic acids is 2. The minimum atomic E-state index is -0.524. The van der Waals surface area contributed by atoms with E-state index in [9.17, 15) is 9.59 Å². The van der Waals surface area contributed by atoms with Crippen LogP contribution in [0.2, 0.25) is 0 Å². The molecule has 0 saturated carbocycles. The van der Waals surface area contributed by atoms with Gasteiger partial charge >= 0.3 is 5.97 Å². The second-order valence-electron chi connectivity index (χ2n) is 8.32. The number of para-hydroxylation sites is 2. The molecule has 0 unspecified atom stereocenters. The van der Waals surface area contributed by atoms with Crippen LogP contribution in [-0.4, -0.2) is 19.0 Å². The molecule has 0 saturated heterocycles. The number of fused-ring (bicyclic) bond motifs is 3. The fraction of sp³-hybridized carbons (Fsp3) is 0.308. The lowest BCUT2D eigenvalue weighted by atomic mass is 9.85. The van der Waals surface area contributed by atoms with E-state index in [0.29, 0.717) is 28.0 Å². The molecule has 0 spiro atoms. The first kappa shape index (κ1) is 20.8. The molecule has 0 bridgehead atoms. The monoisotopic (exact) mass is 447 g/mol. The minimum Gasteiger partial charge on any atom is -0.465 e. The van der Waals surface area contributed by atoms with Crippen molar-refractivity contribution in [2.75, 3.05) is 12.4 Å². The van der Waals surface area contributed by atoms with Crippen LogP contribution in [-0.2, 0) is 22.4 Å². The minimum absolute atomic E-state index is 0.177. The van der Waals surface area contributed by atoms with E-state index in [1.165, 1.54) is 23.3 Å². The van der Waals surface area contributed by atoms with Crippen LogP contribution in [0.3, 0.4) is 0 Å². The lowest BCUT2D eigenvalue weighted by Gasteiger charge is -2.27. The molecule has 1 N–H and O–H groups in total. The van der Waals surface area contributed by atoms with Gasteiger partial charge in [0.2, 0.25) is 5.91 Å². The Morgan fingerprint density at radius 2 is 1.75 bits per heavy atom. The van der Waals surface area contributed by atoms with Crippen LogP contribution in [0.5, 0.6) is 11.5 Å². The van der Waals surface area contributed by atoms with Crippen molar-refractivity contribution in [1.82, 2.24) is 0 Å². The van der Waals surface area contributed by atoms with Crippen molar-refractivity contribution >= 4 is 28.2 Å². The van der Waals surface area contributed by atoms with Crippen LogP contribution >= 0.6 is 11.3 Å². The third-order valence-electron chi connectivity index (χ3n) is 6.51. The summed E-state index contributed by atoms with van der Waals surface area (Å²) >= 11 is 1.52. The zero-order chi connectivity index (χ0) is 22.2. The smallest absolute Gasteiger partial charge is 0.341 e. The maximum Gasteiger partial charge on any atom is 0.341 e. The first-order valence-corrected chi connectivity index (χ1v) is 11.8. The molecule has 2 heterocycles. The van der Waals surface area contributed by atoms with Gasteiger partial charge in [0.1, 0.15) is 16.5 Å². The zero-order valence-electron chi connectivity index (χ0n) is 18.1. The molecule has 3 aromatic rings. The van der Waals surface area contributed by atoms with Gasteiger partial charge in [-0.3, -0.25) is 4.79 Å². The number of methoxy groups -OCH3 is 1. The molecule has 1 atom stereocenters. The maximum atomic E-state index is 13.7. The third-order valence-corrected chi connectivity index (χ3v) is 7.68. The van der Waals surface area contributed by atoms with Crippen molar-refractivity contribution in [3.8, 4) is 11.5 Å². The van der Waals surface area contributed by atoms with Gasteiger partial charge in [-0.2, -0.15) is 0 Å². The molecule has 2 aliphatic rings. The average Bonchev–Trinajstić information content (AvgIpc) is 3.18. The summed E-state index contributed by atoms with van der Waals surface area (Å²) in [5, 5.41) is 3.68. The highest BCUT2D eigenvalue weighted by Crippen LogP contribution is 2.46. The van der Waals surface area contributed by atoms with Gasteiger partial charge < -0.3 is 14.8 Å². The predicted molar refractivity (Wildman–Crippen MR) is 125 cm³/mol. The number of thiophene rings is 1. The van der Waals surface area contributed by atoms with Gasteiger partial charge in [0.05, 0.1) is 18.6 Å². The van der Waals surface area contributed by atoms with Crippen molar-refractivity contribution in [3.05, 3.63) is 75.7 Å². The van der Waals surface area contributed by atoms with Crippen molar-refractivity contribution in [3.63, 3.8) is 0 Å². The Kier molecular flexibility index (Phi) is 5.47. The first-order valence-electron chi connectivity index (χ1n) is 11.0. The van der Waals surface area contributed by atoms with Crippen LogP contribution in [0.15, 0.2) is 48.5 Å². The second kappa shape index (κ2) is 8.43. The average molecular weight is 448 g/mol. The molecule has 164 valence electrons. The summed E-state index contributed by atoms with van der Waals surface area (Å²) in [6.07, 6.45) is 3.95.